The number of aromatic nitrogens is 3. The average molecular weight is 437 g/mol. The molecule has 0 saturated carbocycles. The van der Waals surface area contributed by atoms with Gasteiger partial charge in [-0.1, -0.05) is 18.2 Å². The Morgan fingerprint density at radius 2 is 1.84 bits per heavy atom. The molecule has 9 heteroatoms. The molecular weight excluding hydrogens is 412 g/mol. The van der Waals surface area contributed by atoms with Gasteiger partial charge in [0.05, 0.1) is 6.42 Å². The van der Waals surface area contributed by atoms with Crippen LogP contribution in [0.1, 0.15) is 11.1 Å². The number of amides is 3. The van der Waals surface area contributed by atoms with Crippen molar-refractivity contribution in [3.8, 4) is 5.82 Å². The monoisotopic (exact) mass is 436 g/mol. The molecular formula is C22H24N6O2S. The second-order valence-electron chi connectivity index (χ2n) is 7.11. The third-order valence-corrected chi connectivity index (χ3v) is 5.90. The van der Waals surface area contributed by atoms with Crippen molar-refractivity contribution in [1.82, 2.24) is 25.0 Å². The molecule has 8 nitrogen and oxygen atoms in total. The van der Waals surface area contributed by atoms with Crippen molar-refractivity contribution in [3.63, 3.8) is 0 Å². The lowest BCUT2D eigenvalue weighted by molar-refractivity contribution is -0.130. The molecule has 0 radical (unpaired) electrons. The van der Waals surface area contributed by atoms with E-state index in [1.54, 1.807) is 17.1 Å². The number of pyridine rings is 1. The lowest BCUT2D eigenvalue weighted by atomic mass is 10.1. The van der Waals surface area contributed by atoms with E-state index in [2.05, 4.69) is 20.7 Å². The molecule has 1 aliphatic heterocycles. The summed E-state index contributed by atoms with van der Waals surface area (Å²) in [5.74, 6) is 2.84. The van der Waals surface area contributed by atoms with Crippen LogP contribution in [0.4, 0.5) is 10.5 Å². The van der Waals surface area contributed by atoms with Crippen LogP contribution in [0.2, 0.25) is 0 Å². The highest BCUT2D eigenvalue weighted by atomic mass is 32.2. The van der Waals surface area contributed by atoms with E-state index in [0.29, 0.717) is 24.5 Å². The van der Waals surface area contributed by atoms with Crippen molar-refractivity contribution < 1.29 is 9.59 Å². The van der Waals surface area contributed by atoms with E-state index in [1.807, 2.05) is 65.3 Å². The van der Waals surface area contributed by atoms with Crippen LogP contribution in [0.15, 0.2) is 61.1 Å². The van der Waals surface area contributed by atoms with Crippen LogP contribution in [0.5, 0.6) is 0 Å². The number of nitrogens with one attached hydrogen (secondary N) is 2. The molecule has 3 aromatic rings. The minimum atomic E-state index is -0.315. The summed E-state index contributed by atoms with van der Waals surface area (Å²) in [5, 5.41) is 9.86. The Morgan fingerprint density at radius 1 is 1.03 bits per heavy atom. The Kier molecular flexibility index (Phi) is 6.83. The molecule has 4 rings (SSSR count). The molecule has 1 saturated heterocycles. The van der Waals surface area contributed by atoms with Crippen LogP contribution >= 0.6 is 11.8 Å². The number of hydrogen-bond acceptors (Lipinski definition) is 5. The maximum absolute atomic E-state index is 12.4. The molecule has 2 aromatic heterocycles. The second-order valence-corrected chi connectivity index (χ2v) is 8.34. The van der Waals surface area contributed by atoms with Crippen molar-refractivity contribution in [2.45, 2.75) is 13.0 Å². The summed E-state index contributed by atoms with van der Waals surface area (Å²) >= 11 is 1.88. The van der Waals surface area contributed by atoms with Crippen molar-refractivity contribution in [3.05, 3.63) is 72.2 Å². The van der Waals surface area contributed by atoms with Crippen molar-refractivity contribution in [2.24, 2.45) is 0 Å². The smallest absolute Gasteiger partial charge is 0.319 e. The Labute approximate surface area is 185 Å². The molecule has 31 heavy (non-hydrogen) atoms. The Hall–Kier alpha value is -3.33. The van der Waals surface area contributed by atoms with Gasteiger partial charge >= 0.3 is 6.03 Å². The van der Waals surface area contributed by atoms with Gasteiger partial charge in [-0.15, -0.1) is 0 Å². The summed E-state index contributed by atoms with van der Waals surface area (Å²) in [4.78, 5) is 31.0. The topological polar surface area (TPSA) is 92.1 Å². The van der Waals surface area contributed by atoms with Gasteiger partial charge in [0.25, 0.3) is 0 Å². The Morgan fingerprint density at radius 3 is 2.58 bits per heavy atom. The number of carbonyl (C=O) groups is 2. The van der Waals surface area contributed by atoms with E-state index in [4.69, 9.17) is 0 Å². The van der Waals surface area contributed by atoms with Gasteiger partial charge in [0.15, 0.2) is 5.82 Å². The van der Waals surface area contributed by atoms with Gasteiger partial charge in [0.2, 0.25) is 5.91 Å². The Balaban J connectivity index is 1.29. The molecule has 1 fully saturated rings. The van der Waals surface area contributed by atoms with Gasteiger partial charge in [-0.3, -0.25) is 4.79 Å². The summed E-state index contributed by atoms with van der Waals surface area (Å²) in [5.41, 5.74) is 2.46. The van der Waals surface area contributed by atoms with Gasteiger partial charge in [-0.25, -0.2) is 14.5 Å². The van der Waals surface area contributed by atoms with Crippen LogP contribution in [-0.4, -0.2) is 56.2 Å². The summed E-state index contributed by atoms with van der Waals surface area (Å²) in [6.07, 6.45) is 5.56. The first-order chi connectivity index (χ1) is 15.2. The van der Waals surface area contributed by atoms with Crippen LogP contribution in [0, 0.1) is 0 Å². The predicted molar refractivity (Wildman–Crippen MR) is 121 cm³/mol. The van der Waals surface area contributed by atoms with Crippen molar-refractivity contribution >= 4 is 29.4 Å². The first-order valence-electron chi connectivity index (χ1n) is 10.1. The zero-order valence-electron chi connectivity index (χ0n) is 17.0. The molecule has 2 N–H and O–H groups in total. The van der Waals surface area contributed by atoms with E-state index >= 15 is 0 Å². The highest BCUT2D eigenvalue weighted by Crippen LogP contribution is 2.14. The fraction of sp³-hybridized carbons (Fsp3) is 0.273. The third-order valence-electron chi connectivity index (χ3n) is 4.96. The summed E-state index contributed by atoms with van der Waals surface area (Å²) < 4.78 is 1.66. The zero-order chi connectivity index (χ0) is 21.5. The van der Waals surface area contributed by atoms with Crippen molar-refractivity contribution in [2.75, 3.05) is 29.9 Å². The highest BCUT2D eigenvalue weighted by molar-refractivity contribution is 7.99. The molecule has 0 spiro atoms. The molecule has 1 aromatic carbocycles. The fourth-order valence-corrected chi connectivity index (χ4v) is 4.23. The normalized spacial score (nSPS) is 13.6. The third kappa shape index (κ3) is 5.64. The molecule has 0 atom stereocenters. The molecule has 3 amide bonds. The second kappa shape index (κ2) is 10.1. The maximum atomic E-state index is 12.4. The number of nitrogens with zero attached hydrogens (tertiary/aromatic N) is 4. The van der Waals surface area contributed by atoms with E-state index in [1.165, 1.54) is 0 Å². The molecule has 160 valence electrons. The molecule has 0 aliphatic carbocycles. The van der Waals surface area contributed by atoms with Gasteiger partial charge in [0.1, 0.15) is 0 Å². The largest absolute Gasteiger partial charge is 0.341 e. The summed E-state index contributed by atoms with van der Waals surface area (Å²) in [6, 6.07) is 12.6. The summed E-state index contributed by atoms with van der Waals surface area (Å²) in [6.45, 7) is 1.96. The number of urea groups is 1. The molecule has 0 bridgehead atoms. The lowest BCUT2D eigenvalue weighted by Gasteiger charge is -2.26. The Bertz CT molecular complexity index is 1020. The number of anilines is 1. The first kappa shape index (κ1) is 20.9. The van der Waals surface area contributed by atoms with Crippen LogP contribution in [0.3, 0.4) is 0 Å². The quantitative estimate of drug-likeness (QED) is 0.620. The highest BCUT2D eigenvalue weighted by Gasteiger charge is 2.17. The first-order valence-corrected chi connectivity index (χ1v) is 11.3. The van der Waals surface area contributed by atoms with Crippen LogP contribution in [-0.2, 0) is 17.8 Å². The van der Waals surface area contributed by atoms with E-state index in [9.17, 15) is 9.59 Å². The SMILES string of the molecule is O=C(NCc1cccnc1-n1cccn1)Nc1ccc(CC(=O)N2CCSCC2)cc1. The minimum Gasteiger partial charge on any atom is -0.341 e. The lowest BCUT2D eigenvalue weighted by Crippen LogP contribution is -2.38. The number of hydrogen-bond donors (Lipinski definition) is 2. The molecule has 3 heterocycles. The van der Waals surface area contributed by atoms with Gasteiger partial charge in [-0.2, -0.15) is 16.9 Å². The minimum absolute atomic E-state index is 0.156. The van der Waals surface area contributed by atoms with E-state index in [0.717, 1.165) is 35.7 Å². The van der Waals surface area contributed by atoms with Crippen LogP contribution < -0.4 is 10.6 Å². The number of thioether (sulfide) groups is 1. The number of rotatable bonds is 6. The van der Waals surface area contributed by atoms with Crippen molar-refractivity contribution in [1.29, 1.82) is 0 Å². The fourth-order valence-electron chi connectivity index (χ4n) is 3.32. The van der Waals surface area contributed by atoms with Gasteiger partial charge in [-0.05, 0) is 29.8 Å². The molecule has 0 unspecified atom stereocenters. The van der Waals surface area contributed by atoms with Gasteiger partial charge in [0, 0.05) is 61.0 Å². The zero-order valence-corrected chi connectivity index (χ0v) is 17.8. The van der Waals surface area contributed by atoms with Gasteiger partial charge < -0.3 is 15.5 Å². The maximum Gasteiger partial charge on any atom is 0.319 e. The predicted octanol–water partition coefficient (Wildman–Crippen LogP) is 2.71. The molecule has 1 aliphatic rings. The number of carbonyl (C=O) groups excluding carboxylic acids is 2. The standard InChI is InChI=1S/C22H24N6O2S/c29-20(27-11-13-31-14-12-27)15-17-4-6-19(7-5-17)26-22(30)24-16-18-3-1-8-23-21(18)28-10-2-9-25-28/h1-10H,11-16H2,(H2,24,26,30). The van der Waals surface area contributed by atoms with E-state index < -0.39 is 0 Å². The summed E-state index contributed by atoms with van der Waals surface area (Å²) in [7, 11) is 0. The number of benzene rings is 1. The average Bonchev–Trinajstić information content (AvgIpc) is 3.35. The van der Waals surface area contributed by atoms with E-state index in [-0.39, 0.29) is 11.9 Å². The van der Waals surface area contributed by atoms with Crippen LogP contribution in [0.25, 0.3) is 5.82 Å².